The molecule has 25 heavy (non-hydrogen) atoms. The van der Waals surface area contributed by atoms with Crippen LogP contribution in [0.1, 0.15) is 29.6 Å². The van der Waals surface area contributed by atoms with E-state index >= 15 is 0 Å². The summed E-state index contributed by atoms with van der Waals surface area (Å²) in [5, 5.41) is 10.4. The van der Waals surface area contributed by atoms with Gasteiger partial charge in [-0.1, -0.05) is 22.0 Å². The summed E-state index contributed by atoms with van der Waals surface area (Å²) in [4.78, 5) is 16.3. The maximum Gasteiger partial charge on any atom is 0.251 e. The Balaban J connectivity index is 0.00000312. The van der Waals surface area contributed by atoms with Crippen LogP contribution in [0.4, 0.5) is 0 Å². The maximum absolute atomic E-state index is 12.1. The quantitative estimate of drug-likeness (QED) is 0.224. The van der Waals surface area contributed by atoms with E-state index in [-0.39, 0.29) is 29.9 Å². The molecule has 0 aliphatic heterocycles. The van der Waals surface area contributed by atoms with Crippen molar-refractivity contribution in [2.45, 2.75) is 30.6 Å². The molecule has 1 aromatic carbocycles. The fourth-order valence-corrected chi connectivity index (χ4v) is 3.96. The number of nitrogens with one attached hydrogen (secondary N) is 3. The van der Waals surface area contributed by atoms with Gasteiger partial charge in [0.1, 0.15) is 0 Å². The van der Waals surface area contributed by atoms with Crippen molar-refractivity contribution in [3.05, 3.63) is 34.3 Å². The van der Waals surface area contributed by atoms with Crippen LogP contribution in [-0.4, -0.2) is 49.6 Å². The van der Waals surface area contributed by atoms with Crippen LogP contribution in [0.3, 0.4) is 0 Å². The highest BCUT2D eigenvalue weighted by Crippen LogP contribution is 2.27. The van der Waals surface area contributed by atoms with Crippen LogP contribution >= 0.6 is 51.7 Å². The lowest BCUT2D eigenvalue weighted by atomic mass is 10.2. The fraction of sp³-hybridized carbons (Fsp3) is 0.529. The third-order valence-electron chi connectivity index (χ3n) is 4.07. The number of nitrogens with zero attached hydrogens (tertiary/aromatic N) is 1. The lowest BCUT2D eigenvalue weighted by Gasteiger charge is -2.17. The molecule has 5 nitrogen and oxygen atoms in total. The summed E-state index contributed by atoms with van der Waals surface area (Å²) >= 11 is 5.32. The average Bonchev–Trinajstić information content (AvgIpc) is 3.05. The lowest BCUT2D eigenvalue weighted by Crippen LogP contribution is -2.45. The van der Waals surface area contributed by atoms with E-state index in [9.17, 15) is 4.79 Å². The van der Waals surface area contributed by atoms with Crippen molar-refractivity contribution in [3.63, 3.8) is 0 Å². The Labute approximate surface area is 179 Å². The molecule has 1 saturated carbocycles. The van der Waals surface area contributed by atoms with Gasteiger partial charge < -0.3 is 16.0 Å². The van der Waals surface area contributed by atoms with Crippen LogP contribution in [0.25, 0.3) is 0 Å². The van der Waals surface area contributed by atoms with Crippen LogP contribution in [-0.2, 0) is 0 Å². The third kappa shape index (κ3) is 7.74. The van der Waals surface area contributed by atoms with Crippen molar-refractivity contribution in [2.75, 3.05) is 26.4 Å². The molecule has 1 fully saturated rings. The van der Waals surface area contributed by atoms with E-state index in [0.717, 1.165) is 15.7 Å². The van der Waals surface area contributed by atoms with E-state index in [1.807, 2.05) is 30.0 Å². The molecule has 140 valence electrons. The van der Waals surface area contributed by atoms with Gasteiger partial charge in [-0.05, 0) is 43.7 Å². The lowest BCUT2D eigenvalue weighted by molar-refractivity contribution is 0.0954. The van der Waals surface area contributed by atoms with Gasteiger partial charge in [0.15, 0.2) is 5.96 Å². The van der Waals surface area contributed by atoms with Gasteiger partial charge in [-0.15, -0.1) is 24.0 Å². The Kier molecular flexibility index (Phi) is 10.8. The molecule has 1 aliphatic carbocycles. The highest BCUT2D eigenvalue weighted by atomic mass is 127. The van der Waals surface area contributed by atoms with Gasteiger partial charge in [-0.3, -0.25) is 9.79 Å². The standard InChI is InChI=1S/C17H25BrN4OS.HI/c1-19-17(22-14-6-7-15(11-14)24-2)21-9-8-20-16(23)12-4-3-5-13(18)10-12;/h3-5,10,14-15H,6-9,11H2,1-2H3,(H,20,23)(H2,19,21,22);1H. The maximum atomic E-state index is 12.1. The molecule has 0 saturated heterocycles. The Bertz CT molecular complexity index is 588. The predicted molar refractivity (Wildman–Crippen MR) is 121 cm³/mol. The number of hydrogen-bond acceptors (Lipinski definition) is 3. The highest BCUT2D eigenvalue weighted by Gasteiger charge is 2.24. The molecule has 2 unspecified atom stereocenters. The number of guanidine groups is 1. The van der Waals surface area contributed by atoms with Crippen molar-refractivity contribution in [1.82, 2.24) is 16.0 Å². The van der Waals surface area contributed by atoms with E-state index in [0.29, 0.717) is 24.7 Å². The molecule has 0 heterocycles. The Morgan fingerprint density at radius 1 is 1.32 bits per heavy atom. The summed E-state index contributed by atoms with van der Waals surface area (Å²) in [6.45, 7) is 1.18. The van der Waals surface area contributed by atoms with Gasteiger partial charge in [-0.25, -0.2) is 0 Å². The third-order valence-corrected chi connectivity index (χ3v) is 5.66. The Morgan fingerprint density at radius 2 is 2.08 bits per heavy atom. The van der Waals surface area contributed by atoms with Gasteiger partial charge >= 0.3 is 0 Å². The first-order chi connectivity index (χ1) is 11.6. The second-order valence-electron chi connectivity index (χ2n) is 5.78. The molecule has 1 amide bonds. The minimum Gasteiger partial charge on any atom is -0.355 e. The summed E-state index contributed by atoms with van der Waals surface area (Å²) in [6.07, 6.45) is 5.81. The molecule has 1 aromatic rings. The van der Waals surface area contributed by atoms with E-state index in [4.69, 9.17) is 0 Å². The Morgan fingerprint density at radius 3 is 2.72 bits per heavy atom. The van der Waals surface area contributed by atoms with E-state index < -0.39 is 0 Å². The van der Waals surface area contributed by atoms with Crippen molar-refractivity contribution in [3.8, 4) is 0 Å². The van der Waals surface area contributed by atoms with Gasteiger partial charge in [0, 0.05) is 41.5 Å². The number of halogens is 2. The first-order valence-corrected chi connectivity index (χ1v) is 10.2. The number of carbonyl (C=O) groups excluding carboxylic acids is 1. The van der Waals surface area contributed by atoms with Gasteiger partial charge in [-0.2, -0.15) is 11.8 Å². The van der Waals surface area contributed by atoms with E-state index in [1.54, 1.807) is 13.1 Å². The molecule has 2 atom stereocenters. The van der Waals surface area contributed by atoms with Gasteiger partial charge in [0.05, 0.1) is 0 Å². The molecule has 0 radical (unpaired) electrons. The first-order valence-electron chi connectivity index (χ1n) is 8.16. The summed E-state index contributed by atoms with van der Waals surface area (Å²) in [5.41, 5.74) is 0.654. The van der Waals surface area contributed by atoms with Crippen molar-refractivity contribution in [2.24, 2.45) is 4.99 Å². The average molecular weight is 541 g/mol. The summed E-state index contributed by atoms with van der Waals surface area (Å²) in [5.74, 6) is 0.734. The molecule has 8 heteroatoms. The number of thioether (sulfide) groups is 1. The van der Waals surface area contributed by atoms with Gasteiger partial charge in [0.25, 0.3) is 5.91 Å². The second kappa shape index (κ2) is 12.0. The molecule has 2 rings (SSSR count). The molecule has 0 spiro atoms. The summed E-state index contributed by atoms with van der Waals surface area (Å²) in [7, 11) is 1.77. The van der Waals surface area contributed by atoms with E-state index in [2.05, 4.69) is 43.1 Å². The second-order valence-corrected chi connectivity index (χ2v) is 7.83. The fourth-order valence-electron chi connectivity index (χ4n) is 2.76. The number of carbonyl (C=O) groups is 1. The molecule has 1 aliphatic rings. The van der Waals surface area contributed by atoms with Crippen molar-refractivity contribution < 1.29 is 4.79 Å². The monoisotopic (exact) mass is 540 g/mol. The smallest absolute Gasteiger partial charge is 0.251 e. The minimum atomic E-state index is -0.0698. The largest absolute Gasteiger partial charge is 0.355 e. The zero-order valence-corrected chi connectivity index (χ0v) is 19.3. The minimum absolute atomic E-state index is 0. The number of hydrogen-bond donors (Lipinski definition) is 3. The molecule has 0 aromatic heterocycles. The molecular formula is C17H26BrIN4OS. The highest BCUT2D eigenvalue weighted by molar-refractivity contribution is 14.0. The number of amides is 1. The van der Waals surface area contributed by atoms with Crippen LogP contribution < -0.4 is 16.0 Å². The van der Waals surface area contributed by atoms with E-state index in [1.165, 1.54) is 19.3 Å². The van der Waals surface area contributed by atoms with Crippen LogP contribution in [0, 0.1) is 0 Å². The Hall–Kier alpha value is -0.480. The van der Waals surface area contributed by atoms with Crippen LogP contribution in [0.15, 0.2) is 33.7 Å². The van der Waals surface area contributed by atoms with Crippen molar-refractivity contribution >= 4 is 63.5 Å². The molecule has 0 bridgehead atoms. The molecular weight excluding hydrogens is 515 g/mol. The van der Waals surface area contributed by atoms with Gasteiger partial charge in [0.2, 0.25) is 0 Å². The summed E-state index contributed by atoms with van der Waals surface area (Å²) < 4.78 is 0.901. The zero-order chi connectivity index (χ0) is 17.4. The van der Waals surface area contributed by atoms with Crippen LogP contribution in [0.5, 0.6) is 0 Å². The first kappa shape index (κ1) is 22.6. The number of rotatable bonds is 6. The SMILES string of the molecule is CN=C(NCCNC(=O)c1cccc(Br)c1)NC1CCC(SC)C1.I. The number of aliphatic imine (C=N–C) groups is 1. The van der Waals surface area contributed by atoms with Crippen LogP contribution in [0.2, 0.25) is 0 Å². The normalized spacial score (nSPS) is 19.9. The number of benzene rings is 1. The topological polar surface area (TPSA) is 65.5 Å². The van der Waals surface area contributed by atoms with Crippen molar-refractivity contribution in [1.29, 1.82) is 0 Å². The molecule has 3 N–H and O–H groups in total. The summed E-state index contributed by atoms with van der Waals surface area (Å²) in [6, 6.07) is 7.86. The predicted octanol–water partition coefficient (Wildman–Crippen LogP) is 3.25. The zero-order valence-electron chi connectivity index (χ0n) is 14.5.